The van der Waals surface area contributed by atoms with Crippen LogP contribution in [-0.2, 0) is 22.6 Å². The van der Waals surface area contributed by atoms with E-state index in [2.05, 4.69) is 12.2 Å². The number of aromatic hydroxyl groups is 1. The first kappa shape index (κ1) is 22.8. The Morgan fingerprint density at radius 1 is 1.28 bits per heavy atom. The number of carbonyl (C=O) groups excluding carboxylic acids is 2. The van der Waals surface area contributed by atoms with Crippen LogP contribution in [0.3, 0.4) is 0 Å². The zero-order chi connectivity index (χ0) is 21.4. The molecule has 0 radical (unpaired) electrons. The van der Waals surface area contributed by atoms with Crippen LogP contribution in [0.2, 0.25) is 0 Å². The average Bonchev–Trinajstić information content (AvgIpc) is 3.09. The number of rotatable bonds is 11. The number of esters is 1. The molecule has 160 valence electrons. The Labute approximate surface area is 173 Å². The number of cyclic esters (lactones) is 1. The Morgan fingerprint density at radius 3 is 2.72 bits per heavy atom. The molecule has 2 N–H and O–H groups in total. The Morgan fingerprint density at radius 2 is 2.03 bits per heavy atom. The molecule has 0 unspecified atom stereocenters. The molecule has 1 aliphatic heterocycles. The van der Waals surface area contributed by atoms with Gasteiger partial charge in [-0.25, -0.2) is 4.79 Å². The quantitative estimate of drug-likeness (QED) is 0.326. The molecule has 0 atom stereocenters. The average molecular weight is 404 g/mol. The number of allylic oxidation sites excluding steroid dienone is 2. The van der Waals surface area contributed by atoms with Gasteiger partial charge >= 0.3 is 5.97 Å². The molecule has 1 heterocycles. The van der Waals surface area contributed by atoms with Crippen LogP contribution in [0.5, 0.6) is 11.5 Å². The van der Waals surface area contributed by atoms with Crippen molar-refractivity contribution in [3.05, 3.63) is 33.9 Å². The lowest BCUT2D eigenvalue weighted by atomic mass is 9.94. The number of amides is 1. The highest BCUT2D eigenvalue weighted by Crippen LogP contribution is 2.42. The fraction of sp³-hybridized carbons (Fsp3) is 0.565. The lowest BCUT2D eigenvalue weighted by Gasteiger charge is -2.15. The maximum absolute atomic E-state index is 12.0. The van der Waals surface area contributed by atoms with Crippen molar-refractivity contribution in [1.29, 1.82) is 0 Å². The van der Waals surface area contributed by atoms with E-state index in [-0.39, 0.29) is 23.8 Å². The van der Waals surface area contributed by atoms with Gasteiger partial charge in [0.05, 0.1) is 7.11 Å². The van der Waals surface area contributed by atoms with E-state index in [0.717, 1.165) is 30.5 Å². The fourth-order valence-electron chi connectivity index (χ4n) is 3.59. The molecule has 0 aromatic heterocycles. The number of benzene rings is 1. The van der Waals surface area contributed by atoms with Crippen LogP contribution in [-0.4, -0.2) is 30.6 Å². The van der Waals surface area contributed by atoms with Crippen molar-refractivity contribution in [1.82, 2.24) is 5.32 Å². The van der Waals surface area contributed by atoms with E-state index in [0.29, 0.717) is 36.1 Å². The first-order valence-corrected chi connectivity index (χ1v) is 10.4. The number of phenols is 1. The van der Waals surface area contributed by atoms with Crippen molar-refractivity contribution in [2.24, 2.45) is 0 Å². The van der Waals surface area contributed by atoms with E-state index >= 15 is 0 Å². The summed E-state index contributed by atoms with van der Waals surface area (Å²) in [5.41, 5.74) is 3.36. The molecule has 0 aliphatic carbocycles. The third-order valence-corrected chi connectivity index (χ3v) is 5.40. The molecule has 1 aliphatic rings. The third kappa shape index (κ3) is 5.75. The summed E-state index contributed by atoms with van der Waals surface area (Å²) in [6.45, 7) is 6.89. The summed E-state index contributed by atoms with van der Waals surface area (Å²) < 4.78 is 10.6. The number of hydrogen-bond donors (Lipinski definition) is 2. The molecular weight excluding hydrogens is 370 g/mol. The van der Waals surface area contributed by atoms with E-state index in [1.165, 1.54) is 12.8 Å². The van der Waals surface area contributed by atoms with Crippen molar-refractivity contribution in [2.75, 3.05) is 13.7 Å². The number of nitrogens with one attached hydrogen (secondary N) is 1. The van der Waals surface area contributed by atoms with Crippen molar-refractivity contribution >= 4 is 11.9 Å². The van der Waals surface area contributed by atoms with Gasteiger partial charge in [-0.2, -0.15) is 0 Å². The lowest BCUT2D eigenvalue weighted by molar-refractivity contribution is -0.121. The van der Waals surface area contributed by atoms with Gasteiger partial charge in [0.15, 0.2) is 0 Å². The van der Waals surface area contributed by atoms with Crippen LogP contribution in [0, 0.1) is 6.92 Å². The van der Waals surface area contributed by atoms with Gasteiger partial charge in [-0.05, 0) is 38.7 Å². The van der Waals surface area contributed by atoms with Crippen molar-refractivity contribution < 1.29 is 24.2 Å². The molecule has 1 aromatic carbocycles. The minimum Gasteiger partial charge on any atom is -0.507 e. The minimum atomic E-state index is -0.499. The van der Waals surface area contributed by atoms with Gasteiger partial charge < -0.3 is 19.9 Å². The minimum absolute atomic E-state index is 0.0609. The zero-order valence-electron chi connectivity index (χ0n) is 18.0. The van der Waals surface area contributed by atoms with Crippen LogP contribution in [0.1, 0.15) is 79.4 Å². The molecule has 0 bridgehead atoms. The van der Waals surface area contributed by atoms with Crippen LogP contribution >= 0.6 is 0 Å². The molecule has 0 fully saturated rings. The maximum Gasteiger partial charge on any atom is 0.342 e. The predicted octanol–water partition coefficient (Wildman–Crippen LogP) is 4.35. The van der Waals surface area contributed by atoms with Crippen LogP contribution in [0.15, 0.2) is 11.6 Å². The lowest BCUT2D eigenvalue weighted by Crippen LogP contribution is -2.24. The number of methoxy groups -OCH3 is 1. The summed E-state index contributed by atoms with van der Waals surface area (Å²) in [5.74, 6) is 0.0684. The van der Waals surface area contributed by atoms with Gasteiger partial charge in [-0.1, -0.05) is 37.8 Å². The van der Waals surface area contributed by atoms with Crippen molar-refractivity contribution in [3.63, 3.8) is 0 Å². The summed E-state index contributed by atoms with van der Waals surface area (Å²) in [5, 5.41) is 13.6. The third-order valence-electron chi connectivity index (χ3n) is 5.40. The van der Waals surface area contributed by atoms with Crippen LogP contribution < -0.4 is 10.1 Å². The van der Waals surface area contributed by atoms with Crippen LogP contribution in [0.4, 0.5) is 0 Å². The Hall–Kier alpha value is -2.50. The number of phenolic OH excluding ortho intramolecular Hbond substituents is 1. The smallest absolute Gasteiger partial charge is 0.342 e. The highest BCUT2D eigenvalue weighted by Gasteiger charge is 2.31. The molecule has 0 saturated heterocycles. The summed E-state index contributed by atoms with van der Waals surface area (Å²) in [7, 11) is 1.55. The predicted molar refractivity (Wildman–Crippen MR) is 112 cm³/mol. The topological polar surface area (TPSA) is 84.9 Å². The molecule has 6 heteroatoms. The number of ether oxygens (including phenoxy) is 2. The number of unbranched alkanes of at least 4 members (excludes halogenated alkanes) is 3. The highest BCUT2D eigenvalue weighted by atomic mass is 16.5. The van der Waals surface area contributed by atoms with Gasteiger partial charge in [-0.15, -0.1) is 0 Å². The Bertz CT molecular complexity index is 782. The summed E-state index contributed by atoms with van der Waals surface area (Å²) >= 11 is 0. The van der Waals surface area contributed by atoms with E-state index < -0.39 is 5.97 Å². The largest absolute Gasteiger partial charge is 0.507 e. The van der Waals surface area contributed by atoms with Gasteiger partial charge in [-0.3, -0.25) is 4.79 Å². The Balaban J connectivity index is 1.97. The molecule has 0 saturated carbocycles. The first-order chi connectivity index (χ1) is 13.9. The maximum atomic E-state index is 12.0. The summed E-state index contributed by atoms with van der Waals surface area (Å²) in [6.07, 6.45) is 8.03. The fourth-order valence-corrected chi connectivity index (χ4v) is 3.59. The zero-order valence-corrected chi connectivity index (χ0v) is 18.0. The van der Waals surface area contributed by atoms with Gasteiger partial charge in [0.2, 0.25) is 5.91 Å². The molecule has 2 rings (SSSR count). The van der Waals surface area contributed by atoms with E-state index in [1.807, 2.05) is 19.9 Å². The molecule has 0 spiro atoms. The second kappa shape index (κ2) is 10.9. The normalized spacial score (nSPS) is 13.2. The first-order valence-electron chi connectivity index (χ1n) is 10.4. The molecule has 6 nitrogen and oxygen atoms in total. The van der Waals surface area contributed by atoms with Crippen molar-refractivity contribution in [2.45, 2.75) is 72.3 Å². The van der Waals surface area contributed by atoms with Gasteiger partial charge in [0, 0.05) is 24.1 Å². The van der Waals surface area contributed by atoms with E-state index in [9.17, 15) is 14.7 Å². The number of carbonyl (C=O) groups is 2. The SMILES string of the molecule is CCCCCCNC(=O)CC/C(C)=C/Cc1c(O)c2c(c(C)c1OC)COC2=O. The molecule has 29 heavy (non-hydrogen) atoms. The van der Waals surface area contributed by atoms with E-state index in [4.69, 9.17) is 9.47 Å². The standard InChI is InChI=1S/C23H33NO5/c1-5-6-7-8-13-24-19(25)12-10-15(2)9-11-17-21(26)20-18(14-29-23(20)27)16(3)22(17)28-4/h9,26H,5-8,10-14H2,1-4H3,(H,24,25)/b15-9+. The highest BCUT2D eigenvalue weighted by molar-refractivity contribution is 5.98. The number of fused-ring (bicyclic) bond motifs is 1. The Kier molecular flexibility index (Phi) is 8.55. The summed E-state index contributed by atoms with van der Waals surface area (Å²) in [4.78, 5) is 23.9. The summed E-state index contributed by atoms with van der Waals surface area (Å²) in [6, 6.07) is 0. The second-order valence-corrected chi connectivity index (χ2v) is 7.58. The van der Waals surface area contributed by atoms with Gasteiger partial charge in [0.1, 0.15) is 23.7 Å². The van der Waals surface area contributed by atoms with Crippen molar-refractivity contribution in [3.8, 4) is 11.5 Å². The number of hydrogen-bond acceptors (Lipinski definition) is 5. The van der Waals surface area contributed by atoms with Crippen LogP contribution in [0.25, 0.3) is 0 Å². The molecular formula is C23H33NO5. The van der Waals surface area contributed by atoms with Gasteiger partial charge in [0.25, 0.3) is 0 Å². The van der Waals surface area contributed by atoms with E-state index in [1.54, 1.807) is 7.11 Å². The monoisotopic (exact) mass is 403 g/mol. The molecule has 1 amide bonds. The second-order valence-electron chi connectivity index (χ2n) is 7.58. The molecule has 1 aromatic rings.